The third kappa shape index (κ3) is 3.98. The first-order valence-electron chi connectivity index (χ1n) is 7.19. The predicted octanol–water partition coefficient (Wildman–Crippen LogP) is 2.90. The van der Waals surface area contributed by atoms with Gasteiger partial charge in [-0.25, -0.2) is 0 Å². The van der Waals surface area contributed by atoms with Crippen molar-refractivity contribution in [2.45, 2.75) is 45.4 Å². The van der Waals surface area contributed by atoms with Crippen molar-refractivity contribution in [3.63, 3.8) is 0 Å². The maximum absolute atomic E-state index is 11.9. The van der Waals surface area contributed by atoms with Crippen LogP contribution in [-0.4, -0.2) is 12.5 Å². The van der Waals surface area contributed by atoms with Gasteiger partial charge in [-0.3, -0.25) is 4.79 Å². The highest BCUT2D eigenvalue weighted by molar-refractivity contribution is 5.76. The van der Waals surface area contributed by atoms with Crippen LogP contribution in [0.2, 0.25) is 0 Å². The van der Waals surface area contributed by atoms with Crippen molar-refractivity contribution in [3.05, 3.63) is 29.8 Å². The molecule has 0 unspecified atom stereocenters. The number of nitrogens with two attached hydrogens (primary N) is 1. The van der Waals surface area contributed by atoms with E-state index in [1.165, 1.54) is 25.7 Å². The molecule has 0 heterocycles. The minimum absolute atomic E-state index is 0.136. The van der Waals surface area contributed by atoms with E-state index in [0.29, 0.717) is 11.8 Å². The van der Waals surface area contributed by atoms with E-state index in [1.54, 1.807) is 0 Å². The number of carbonyl (C=O) groups excluding carboxylic acids is 1. The molecule has 0 aliphatic heterocycles. The molecule has 2 rings (SSSR count). The monoisotopic (exact) mass is 260 g/mol. The summed E-state index contributed by atoms with van der Waals surface area (Å²) in [6.07, 6.45) is 6.30. The molecule has 1 aromatic rings. The lowest BCUT2D eigenvalue weighted by molar-refractivity contribution is -0.121. The number of amides is 1. The third-order valence-electron chi connectivity index (χ3n) is 4.20. The number of carbonyl (C=O) groups is 1. The molecule has 19 heavy (non-hydrogen) atoms. The van der Waals surface area contributed by atoms with Gasteiger partial charge in [0.15, 0.2) is 0 Å². The summed E-state index contributed by atoms with van der Waals surface area (Å²) >= 11 is 0. The van der Waals surface area contributed by atoms with Crippen LogP contribution >= 0.6 is 0 Å². The van der Waals surface area contributed by atoms with Gasteiger partial charge in [0.25, 0.3) is 0 Å². The molecule has 0 radical (unpaired) electrons. The number of hydrogen-bond acceptors (Lipinski definition) is 2. The Kier molecular flexibility index (Phi) is 4.46. The first-order valence-corrected chi connectivity index (χ1v) is 7.19. The zero-order valence-electron chi connectivity index (χ0n) is 11.7. The molecule has 1 aliphatic carbocycles. The largest absolute Gasteiger partial charge is 0.399 e. The molecule has 1 saturated carbocycles. The fourth-order valence-corrected chi connectivity index (χ4v) is 2.82. The van der Waals surface area contributed by atoms with Crippen molar-refractivity contribution < 1.29 is 4.79 Å². The van der Waals surface area contributed by atoms with Gasteiger partial charge >= 0.3 is 0 Å². The maximum atomic E-state index is 11.9. The lowest BCUT2D eigenvalue weighted by Crippen LogP contribution is -2.34. The maximum Gasteiger partial charge on any atom is 0.220 e. The molecule has 0 spiro atoms. The molecule has 0 aromatic heterocycles. The van der Waals surface area contributed by atoms with Crippen molar-refractivity contribution in [2.24, 2.45) is 5.41 Å². The molecule has 3 heteroatoms. The molecule has 0 saturated heterocycles. The van der Waals surface area contributed by atoms with Gasteiger partial charge in [-0.2, -0.15) is 0 Å². The van der Waals surface area contributed by atoms with Crippen LogP contribution < -0.4 is 11.1 Å². The van der Waals surface area contributed by atoms with Gasteiger partial charge in [-0.05, 0) is 36.3 Å². The summed E-state index contributed by atoms with van der Waals surface area (Å²) < 4.78 is 0. The summed E-state index contributed by atoms with van der Waals surface area (Å²) in [5.74, 6) is 0.136. The molecule has 3 nitrogen and oxygen atoms in total. The number of aryl methyl sites for hydroxylation is 1. The Morgan fingerprint density at radius 2 is 2.00 bits per heavy atom. The van der Waals surface area contributed by atoms with E-state index in [1.807, 2.05) is 24.3 Å². The predicted molar refractivity (Wildman–Crippen MR) is 78.8 cm³/mol. The quantitative estimate of drug-likeness (QED) is 0.800. The minimum Gasteiger partial charge on any atom is -0.399 e. The molecule has 1 aliphatic rings. The van der Waals surface area contributed by atoms with Crippen LogP contribution in [0.25, 0.3) is 0 Å². The standard InChI is InChI=1S/C16H24N2O/c1-16(10-4-5-11-16)12-18-15(19)9-8-13-6-2-3-7-14(13)17/h2-3,6-7H,4-5,8-12,17H2,1H3,(H,18,19). The Balaban J connectivity index is 1.74. The highest BCUT2D eigenvalue weighted by atomic mass is 16.1. The summed E-state index contributed by atoms with van der Waals surface area (Å²) in [6, 6.07) is 7.75. The van der Waals surface area contributed by atoms with Crippen LogP contribution in [0.15, 0.2) is 24.3 Å². The number of rotatable bonds is 5. The molecule has 1 fully saturated rings. The van der Waals surface area contributed by atoms with Crippen LogP contribution in [0.4, 0.5) is 5.69 Å². The molecular weight excluding hydrogens is 236 g/mol. The average Bonchev–Trinajstić information content (AvgIpc) is 2.83. The van der Waals surface area contributed by atoms with E-state index >= 15 is 0 Å². The summed E-state index contributed by atoms with van der Waals surface area (Å²) in [4.78, 5) is 11.9. The summed E-state index contributed by atoms with van der Waals surface area (Å²) in [5.41, 5.74) is 8.03. The molecule has 0 atom stereocenters. The van der Waals surface area contributed by atoms with Crippen LogP contribution in [0, 0.1) is 5.41 Å². The lowest BCUT2D eigenvalue weighted by atomic mass is 9.89. The molecule has 0 bridgehead atoms. The van der Waals surface area contributed by atoms with Gasteiger partial charge in [0, 0.05) is 18.7 Å². The van der Waals surface area contributed by atoms with Crippen molar-refractivity contribution in [1.82, 2.24) is 5.32 Å². The first kappa shape index (κ1) is 13.9. The normalized spacial score (nSPS) is 17.3. The zero-order valence-corrected chi connectivity index (χ0v) is 11.7. The van der Waals surface area contributed by atoms with E-state index in [2.05, 4.69) is 12.2 Å². The second-order valence-electron chi connectivity index (χ2n) is 5.99. The number of benzene rings is 1. The Morgan fingerprint density at radius 3 is 2.68 bits per heavy atom. The fourth-order valence-electron chi connectivity index (χ4n) is 2.82. The van der Waals surface area contributed by atoms with Gasteiger partial charge in [-0.1, -0.05) is 38.0 Å². The van der Waals surface area contributed by atoms with Gasteiger partial charge in [0.1, 0.15) is 0 Å². The van der Waals surface area contributed by atoms with Crippen molar-refractivity contribution in [1.29, 1.82) is 0 Å². The Bertz CT molecular complexity index is 436. The topological polar surface area (TPSA) is 55.1 Å². The van der Waals surface area contributed by atoms with Crippen molar-refractivity contribution in [3.8, 4) is 0 Å². The summed E-state index contributed by atoms with van der Waals surface area (Å²) in [6.45, 7) is 3.09. The average molecular weight is 260 g/mol. The Morgan fingerprint density at radius 1 is 1.32 bits per heavy atom. The number of nitrogen functional groups attached to an aromatic ring is 1. The first-order chi connectivity index (χ1) is 9.09. The smallest absolute Gasteiger partial charge is 0.220 e. The molecule has 104 valence electrons. The highest BCUT2D eigenvalue weighted by Gasteiger charge is 2.28. The number of hydrogen-bond donors (Lipinski definition) is 2. The highest BCUT2D eigenvalue weighted by Crippen LogP contribution is 2.36. The van der Waals surface area contributed by atoms with E-state index in [4.69, 9.17) is 5.73 Å². The van der Waals surface area contributed by atoms with Gasteiger partial charge in [-0.15, -0.1) is 0 Å². The molecule has 1 amide bonds. The molecular formula is C16H24N2O. The zero-order chi connectivity index (χ0) is 13.7. The van der Waals surface area contributed by atoms with Crippen LogP contribution in [-0.2, 0) is 11.2 Å². The summed E-state index contributed by atoms with van der Waals surface area (Å²) in [5, 5.41) is 3.08. The Hall–Kier alpha value is -1.51. The van der Waals surface area contributed by atoms with Gasteiger partial charge in [0.05, 0.1) is 0 Å². The van der Waals surface area contributed by atoms with E-state index < -0.39 is 0 Å². The van der Waals surface area contributed by atoms with Gasteiger partial charge in [0.2, 0.25) is 5.91 Å². The lowest BCUT2D eigenvalue weighted by Gasteiger charge is -2.23. The second-order valence-corrected chi connectivity index (χ2v) is 5.99. The van der Waals surface area contributed by atoms with Crippen molar-refractivity contribution in [2.75, 3.05) is 12.3 Å². The molecule has 1 aromatic carbocycles. The number of anilines is 1. The SMILES string of the molecule is CC1(CNC(=O)CCc2ccccc2N)CCCC1. The van der Waals surface area contributed by atoms with E-state index in [9.17, 15) is 4.79 Å². The Labute approximate surface area is 115 Å². The summed E-state index contributed by atoms with van der Waals surface area (Å²) in [7, 11) is 0. The molecule has 3 N–H and O–H groups in total. The van der Waals surface area contributed by atoms with Crippen LogP contribution in [0.3, 0.4) is 0 Å². The fraction of sp³-hybridized carbons (Fsp3) is 0.562. The number of para-hydroxylation sites is 1. The number of nitrogens with one attached hydrogen (secondary N) is 1. The third-order valence-corrected chi connectivity index (χ3v) is 4.20. The minimum atomic E-state index is 0.136. The van der Waals surface area contributed by atoms with E-state index in [-0.39, 0.29) is 5.91 Å². The van der Waals surface area contributed by atoms with Crippen molar-refractivity contribution >= 4 is 11.6 Å². The van der Waals surface area contributed by atoms with Crippen LogP contribution in [0.1, 0.15) is 44.6 Å². The second kappa shape index (κ2) is 6.09. The van der Waals surface area contributed by atoms with Gasteiger partial charge < -0.3 is 11.1 Å². The van der Waals surface area contributed by atoms with E-state index in [0.717, 1.165) is 24.2 Å². The van der Waals surface area contributed by atoms with Crippen LogP contribution in [0.5, 0.6) is 0 Å².